The number of hydrogen-bond donors (Lipinski definition) is 1. The molecule has 1 amide bonds. The van der Waals surface area contributed by atoms with E-state index >= 15 is 0 Å². The zero-order valence-corrected chi connectivity index (χ0v) is 23.3. The van der Waals surface area contributed by atoms with Gasteiger partial charge in [0.1, 0.15) is 11.1 Å². The average Bonchev–Trinajstić information content (AvgIpc) is 3.34. The van der Waals surface area contributed by atoms with Crippen molar-refractivity contribution in [2.45, 2.75) is 97.2 Å². The van der Waals surface area contributed by atoms with Gasteiger partial charge in [-0.2, -0.15) is 0 Å². The van der Waals surface area contributed by atoms with Gasteiger partial charge in [0.2, 0.25) is 5.91 Å². The number of rotatable bonds is 7. The fraction of sp³-hybridized carbons (Fsp3) is 0.724. The number of likely N-dealkylation sites (tertiary alicyclic amines) is 1. The molecule has 1 aliphatic heterocycles. The predicted octanol–water partition coefficient (Wildman–Crippen LogP) is 6.09. The molecule has 2 aliphatic carbocycles. The summed E-state index contributed by atoms with van der Waals surface area (Å²) in [6, 6.07) is 2.20. The minimum absolute atomic E-state index is 0.0124. The number of carbonyl (C=O) groups excluding carboxylic acids is 2. The molecule has 2 fully saturated rings. The van der Waals surface area contributed by atoms with E-state index in [9.17, 15) is 14.7 Å². The van der Waals surface area contributed by atoms with Crippen molar-refractivity contribution in [2.75, 3.05) is 25.1 Å². The van der Waals surface area contributed by atoms with Crippen LogP contribution in [0.3, 0.4) is 0 Å². The molecule has 4 rings (SSSR count). The summed E-state index contributed by atoms with van der Waals surface area (Å²) in [7, 11) is 1.44. The Hall–Kier alpha value is -1.86. The first-order valence-electron chi connectivity index (χ1n) is 14.0. The lowest BCUT2D eigenvalue weighted by molar-refractivity contribution is -0.135. The van der Waals surface area contributed by atoms with Crippen LogP contribution in [0.5, 0.6) is 0 Å². The Kier molecular flexibility index (Phi) is 9.15. The van der Waals surface area contributed by atoms with E-state index in [1.165, 1.54) is 36.9 Å². The Balaban J connectivity index is 1.67. The van der Waals surface area contributed by atoms with E-state index in [4.69, 9.17) is 4.74 Å². The number of piperidine rings is 1. The number of allylic oxidation sites excluding steroid dienone is 2. The van der Waals surface area contributed by atoms with Gasteiger partial charge in [0, 0.05) is 35.8 Å². The minimum Gasteiger partial charge on any atom is -0.465 e. The van der Waals surface area contributed by atoms with Gasteiger partial charge in [-0.15, -0.1) is 11.3 Å². The Labute approximate surface area is 220 Å². The van der Waals surface area contributed by atoms with Crippen LogP contribution in [0.4, 0.5) is 5.69 Å². The first kappa shape index (κ1) is 27.2. The smallest absolute Gasteiger partial charge is 0.350 e. The van der Waals surface area contributed by atoms with Crippen LogP contribution in [-0.4, -0.2) is 54.4 Å². The van der Waals surface area contributed by atoms with Crippen LogP contribution in [0, 0.1) is 17.8 Å². The summed E-state index contributed by atoms with van der Waals surface area (Å²) >= 11 is 1.50. The van der Waals surface area contributed by atoms with Crippen LogP contribution in [-0.2, 0) is 9.53 Å². The molecular formula is C29H44N2O4S. The number of nitrogens with zero attached hydrogens (tertiary/aromatic N) is 2. The lowest BCUT2D eigenvalue weighted by Gasteiger charge is -2.45. The van der Waals surface area contributed by atoms with Crippen LogP contribution < -0.4 is 4.90 Å². The lowest BCUT2D eigenvalue weighted by Crippen LogP contribution is -2.53. The van der Waals surface area contributed by atoms with Crippen molar-refractivity contribution in [3.05, 3.63) is 21.9 Å². The molecule has 1 saturated carbocycles. The molecule has 1 atom stereocenters. The highest BCUT2D eigenvalue weighted by molar-refractivity contribution is 7.15. The highest BCUT2D eigenvalue weighted by Gasteiger charge is 2.38. The highest BCUT2D eigenvalue weighted by Crippen LogP contribution is 2.42. The SMILES string of the molecule is COC(=O)c1sc(C2=CCCCC2)cc1N(C1CCN(C(=O)C(C)C)CC1)C(O)C1CCC(C)CC1. The lowest BCUT2D eigenvalue weighted by atomic mass is 9.81. The second-order valence-electron chi connectivity index (χ2n) is 11.3. The first-order chi connectivity index (χ1) is 17.3. The third-order valence-corrected chi connectivity index (χ3v) is 9.58. The number of aliphatic hydroxyl groups excluding tert-OH is 1. The highest BCUT2D eigenvalue weighted by atomic mass is 32.1. The molecule has 1 aromatic heterocycles. The number of thiophene rings is 1. The molecule has 6 nitrogen and oxygen atoms in total. The topological polar surface area (TPSA) is 70.1 Å². The molecule has 2 heterocycles. The normalized spacial score (nSPS) is 24.4. The maximum atomic E-state index is 13.0. The van der Waals surface area contributed by atoms with Gasteiger partial charge in [-0.1, -0.05) is 39.7 Å². The van der Waals surface area contributed by atoms with E-state index < -0.39 is 6.23 Å². The largest absolute Gasteiger partial charge is 0.465 e. The van der Waals surface area contributed by atoms with Crippen molar-refractivity contribution >= 4 is 34.5 Å². The van der Waals surface area contributed by atoms with E-state index in [0.717, 1.165) is 61.9 Å². The number of aliphatic hydroxyl groups is 1. The second-order valence-corrected chi connectivity index (χ2v) is 12.4. The minimum atomic E-state index is -0.652. The number of anilines is 1. The van der Waals surface area contributed by atoms with Crippen LogP contribution >= 0.6 is 11.3 Å². The first-order valence-corrected chi connectivity index (χ1v) is 14.8. The number of methoxy groups -OCH3 is 1. The Bertz CT molecular complexity index is 939. The maximum absolute atomic E-state index is 13.0. The molecule has 36 heavy (non-hydrogen) atoms. The number of hydrogen-bond acceptors (Lipinski definition) is 6. The van der Waals surface area contributed by atoms with E-state index in [1.54, 1.807) is 0 Å². The Morgan fingerprint density at radius 3 is 2.39 bits per heavy atom. The number of ether oxygens (including phenoxy) is 1. The number of carbonyl (C=O) groups is 2. The maximum Gasteiger partial charge on any atom is 0.350 e. The van der Waals surface area contributed by atoms with Crippen LogP contribution in [0.1, 0.15) is 99.5 Å². The zero-order chi connectivity index (χ0) is 25.8. The Morgan fingerprint density at radius 2 is 1.81 bits per heavy atom. The molecule has 0 spiro atoms. The standard InChI is InChI=1S/C29H44N2O4S/c1-19(2)27(32)30-16-14-23(15-17-30)31(28(33)22-12-10-20(3)11-13-22)24-18-25(21-8-6-5-7-9-21)36-26(24)29(34)35-4/h8,18-20,22-23,28,33H,5-7,9-17H2,1-4H3. The van der Waals surface area contributed by atoms with Gasteiger partial charge < -0.3 is 19.6 Å². The van der Waals surface area contributed by atoms with Gasteiger partial charge >= 0.3 is 5.97 Å². The summed E-state index contributed by atoms with van der Waals surface area (Å²) in [5.41, 5.74) is 2.12. The molecule has 1 aromatic rings. The van der Waals surface area contributed by atoms with E-state index in [0.29, 0.717) is 23.9 Å². The van der Waals surface area contributed by atoms with Crippen molar-refractivity contribution < 1.29 is 19.4 Å². The third-order valence-electron chi connectivity index (χ3n) is 8.40. The summed E-state index contributed by atoms with van der Waals surface area (Å²) in [6.45, 7) is 7.55. The van der Waals surface area contributed by atoms with Crippen molar-refractivity contribution in [2.24, 2.45) is 17.8 Å². The predicted molar refractivity (Wildman–Crippen MR) is 146 cm³/mol. The zero-order valence-electron chi connectivity index (χ0n) is 22.5. The summed E-state index contributed by atoms with van der Waals surface area (Å²) < 4.78 is 5.22. The molecule has 200 valence electrons. The summed E-state index contributed by atoms with van der Waals surface area (Å²) in [4.78, 5) is 31.4. The van der Waals surface area contributed by atoms with Crippen molar-refractivity contribution in [3.8, 4) is 0 Å². The molecule has 1 N–H and O–H groups in total. The molecule has 1 saturated heterocycles. The third kappa shape index (κ3) is 5.99. The van der Waals surface area contributed by atoms with E-state index in [2.05, 4.69) is 24.0 Å². The van der Waals surface area contributed by atoms with Crippen molar-refractivity contribution in [1.82, 2.24) is 4.90 Å². The molecule has 0 radical (unpaired) electrons. The van der Waals surface area contributed by atoms with Crippen LogP contribution in [0.2, 0.25) is 0 Å². The van der Waals surface area contributed by atoms with Gasteiger partial charge in [0.25, 0.3) is 0 Å². The second kappa shape index (κ2) is 12.1. The van der Waals surface area contributed by atoms with Crippen LogP contribution in [0.25, 0.3) is 5.57 Å². The summed E-state index contributed by atoms with van der Waals surface area (Å²) in [6.07, 6.45) is 12.0. The quantitative estimate of drug-likeness (QED) is 0.351. The summed E-state index contributed by atoms with van der Waals surface area (Å²) in [5, 5.41) is 11.9. The molecule has 7 heteroatoms. The van der Waals surface area contributed by atoms with Crippen LogP contribution in [0.15, 0.2) is 12.1 Å². The van der Waals surface area contributed by atoms with Gasteiger partial charge in [-0.05, 0) is 68.9 Å². The molecule has 1 unspecified atom stereocenters. The van der Waals surface area contributed by atoms with E-state index in [-0.39, 0.29) is 29.8 Å². The fourth-order valence-corrected chi connectivity index (χ4v) is 7.27. The average molecular weight is 517 g/mol. The molecule has 3 aliphatic rings. The molecule has 0 bridgehead atoms. The number of esters is 1. The van der Waals surface area contributed by atoms with E-state index in [1.807, 2.05) is 18.7 Å². The van der Waals surface area contributed by atoms with Gasteiger partial charge in [-0.25, -0.2) is 4.79 Å². The van der Waals surface area contributed by atoms with Gasteiger partial charge in [-0.3, -0.25) is 4.79 Å². The fourth-order valence-electron chi connectivity index (χ4n) is 6.13. The number of amides is 1. The molecule has 0 aromatic carbocycles. The van der Waals surface area contributed by atoms with Gasteiger partial charge in [0.05, 0.1) is 12.8 Å². The Morgan fingerprint density at radius 1 is 1.11 bits per heavy atom. The monoisotopic (exact) mass is 516 g/mol. The summed E-state index contributed by atoms with van der Waals surface area (Å²) in [5.74, 6) is 0.725. The molecular weight excluding hydrogens is 472 g/mol. The van der Waals surface area contributed by atoms with Gasteiger partial charge in [0.15, 0.2) is 0 Å². The van der Waals surface area contributed by atoms with Crippen molar-refractivity contribution in [3.63, 3.8) is 0 Å². The van der Waals surface area contributed by atoms with Crippen molar-refractivity contribution in [1.29, 1.82) is 0 Å².